The summed E-state index contributed by atoms with van der Waals surface area (Å²) in [5, 5.41) is -0.497. The molecule has 0 rings (SSSR count). The molecule has 0 spiro atoms. The van der Waals surface area contributed by atoms with Crippen LogP contribution in [0.1, 0.15) is 20.3 Å². The first kappa shape index (κ1) is 12.1. The minimum Gasteiger partial charge on any atom is -0.320 e. The topological polar surface area (TPSA) is 60.2 Å². The number of carbonyl (C=O) groups excluding carboxylic acids is 1. The quantitative estimate of drug-likeness (QED) is 0.655. The van der Waals surface area contributed by atoms with E-state index in [1.54, 1.807) is 6.92 Å². The summed E-state index contributed by atoms with van der Waals surface area (Å²) in [6.07, 6.45) is 0.720. The van der Waals surface area contributed by atoms with E-state index in [1.807, 2.05) is 6.92 Å². The smallest absolute Gasteiger partial charge is 0.236 e. The van der Waals surface area contributed by atoms with Gasteiger partial charge in [-0.2, -0.15) is 12.6 Å². The number of hydrogen-bond acceptors (Lipinski definition) is 4. The normalized spacial score (nSPS) is 18.3. The third-order valence-corrected chi connectivity index (χ3v) is 3.80. The fourth-order valence-electron chi connectivity index (χ4n) is 0.573. The zero-order chi connectivity index (χ0) is 9.72. The maximum absolute atomic E-state index is 11.3. The third kappa shape index (κ3) is 3.25. The largest absolute Gasteiger partial charge is 0.320 e. The van der Waals surface area contributed by atoms with Crippen molar-refractivity contribution in [2.45, 2.75) is 31.6 Å². The molecule has 0 aliphatic carbocycles. The van der Waals surface area contributed by atoms with Gasteiger partial charge in [0.05, 0.1) is 16.8 Å². The van der Waals surface area contributed by atoms with Gasteiger partial charge >= 0.3 is 0 Å². The first-order valence-corrected chi connectivity index (χ1v) is 5.70. The van der Waals surface area contributed by atoms with Crippen LogP contribution < -0.4 is 5.73 Å². The van der Waals surface area contributed by atoms with E-state index in [-0.39, 0.29) is 16.1 Å². The fraction of sp³-hybridized carbons (Fsp3) is 0.857. The van der Waals surface area contributed by atoms with Gasteiger partial charge in [0.15, 0.2) is 0 Å². The molecule has 2 N–H and O–H groups in total. The van der Waals surface area contributed by atoms with E-state index in [2.05, 4.69) is 12.6 Å². The minimum atomic E-state index is -1.45. The average Bonchev–Trinajstić information content (AvgIpc) is 2.12. The van der Waals surface area contributed by atoms with Gasteiger partial charge in [-0.1, -0.05) is 13.8 Å². The highest BCUT2D eigenvalue weighted by Crippen LogP contribution is 2.04. The molecule has 0 amide bonds. The van der Waals surface area contributed by atoms with E-state index in [0.717, 1.165) is 6.42 Å². The summed E-state index contributed by atoms with van der Waals surface area (Å²) < 4.78 is 11.3. The zero-order valence-electron chi connectivity index (χ0n) is 7.32. The standard InChI is InChI=1S/C7H15NO2S2/c1-3-5(2)12(10)7(9)6(8)4-11/h5-6,11H,3-4,8H2,1-2H3/t5?,6-,12?/m0/s1. The van der Waals surface area contributed by atoms with Crippen molar-refractivity contribution in [3.05, 3.63) is 0 Å². The summed E-state index contributed by atoms with van der Waals surface area (Å²) >= 11 is 3.87. The van der Waals surface area contributed by atoms with Crippen LogP contribution in [0, 0.1) is 0 Å². The molecular weight excluding hydrogens is 194 g/mol. The molecule has 0 heterocycles. The van der Waals surface area contributed by atoms with Crippen molar-refractivity contribution in [1.29, 1.82) is 0 Å². The summed E-state index contributed by atoms with van der Waals surface area (Å²) in [6, 6.07) is -0.692. The molecule has 3 nitrogen and oxygen atoms in total. The van der Waals surface area contributed by atoms with E-state index >= 15 is 0 Å². The Kier molecular flexibility index (Phi) is 5.78. The van der Waals surface area contributed by atoms with E-state index in [1.165, 1.54) is 0 Å². The van der Waals surface area contributed by atoms with Gasteiger partial charge in [0.1, 0.15) is 0 Å². The van der Waals surface area contributed by atoms with E-state index < -0.39 is 16.8 Å². The zero-order valence-corrected chi connectivity index (χ0v) is 9.03. The Balaban J connectivity index is 4.19. The van der Waals surface area contributed by atoms with Crippen LogP contribution in [0.4, 0.5) is 0 Å². The lowest BCUT2D eigenvalue weighted by Crippen LogP contribution is -2.37. The van der Waals surface area contributed by atoms with Gasteiger partial charge in [-0.25, -0.2) is 0 Å². The van der Waals surface area contributed by atoms with E-state index in [4.69, 9.17) is 5.73 Å². The van der Waals surface area contributed by atoms with Crippen LogP contribution >= 0.6 is 12.6 Å². The Bertz CT molecular complexity index is 164. The molecule has 2 unspecified atom stereocenters. The van der Waals surface area contributed by atoms with Gasteiger partial charge in [-0.05, 0) is 6.42 Å². The first-order valence-electron chi connectivity index (χ1n) is 3.85. The van der Waals surface area contributed by atoms with Crippen molar-refractivity contribution in [1.82, 2.24) is 0 Å². The van der Waals surface area contributed by atoms with Crippen molar-refractivity contribution in [3.8, 4) is 0 Å². The number of hydrogen-bond donors (Lipinski definition) is 2. The van der Waals surface area contributed by atoms with Crippen LogP contribution in [0.2, 0.25) is 0 Å². The summed E-state index contributed by atoms with van der Waals surface area (Å²) in [4.78, 5) is 11.2. The molecule has 0 aliphatic rings. The van der Waals surface area contributed by atoms with Gasteiger partial charge in [0.2, 0.25) is 5.12 Å². The van der Waals surface area contributed by atoms with Crippen molar-refractivity contribution in [2.24, 2.45) is 5.73 Å². The second-order valence-corrected chi connectivity index (χ2v) is 4.79. The Morgan fingerprint density at radius 2 is 2.17 bits per heavy atom. The lowest BCUT2D eigenvalue weighted by molar-refractivity contribution is -0.112. The maximum Gasteiger partial charge on any atom is 0.236 e. The highest BCUT2D eigenvalue weighted by molar-refractivity contribution is 8.01. The molecule has 0 radical (unpaired) electrons. The number of carbonyl (C=O) groups is 1. The van der Waals surface area contributed by atoms with Crippen LogP contribution in [-0.4, -0.2) is 26.4 Å². The van der Waals surface area contributed by atoms with Crippen molar-refractivity contribution >= 4 is 28.5 Å². The minimum absolute atomic E-state index is 0.108. The molecular formula is C7H15NO2S2. The first-order chi connectivity index (χ1) is 5.54. The Morgan fingerprint density at radius 3 is 2.50 bits per heavy atom. The maximum atomic E-state index is 11.3. The van der Waals surface area contributed by atoms with Crippen LogP contribution in [0.15, 0.2) is 0 Å². The van der Waals surface area contributed by atoms with Crippen molar-refractivity contribution in [3.63, 3.8) is 0 Å². The SMILES string of the molecule is CCC(C)S(=O)C(=O)[C@@H](N)CS. The molecule has 0 aromatic rings. The predicted octanol–water partition coefficient (Wildman–Crippen LogP) is 0.317. The lowest BCUT2D eigenvalue weighted by Gasteiger charge is -2.10. The molecule has 3 atom stereocenters. The fourth-order valence-corrected chi connectivity index (χ4v) is 1.94. The highest BCUT2D eigenvalue weighted by Gasteiger charge is 2.22. The molecule has 12 heavy (non-hydrogen) atoms. The Morgan fingerprint density at radius 1 is 1.67 bits per heavy atom. The second kappa shape index (κ2) is 5.72. The van der Waals surface area contributed by atoms with E-state index in [9.17, 15) is 9.00 Å². The molecule has 72 valence electrons. The summed E-state index contributed by atoms with van der Waals surface area (Å²) in [5.74, 6) is 0.251. The van der Waals surface area contributed by atoms with Gasteiger partial charge < -0.3 is 5.73 Å². The van der Waals surface area contributed by atoms with Gasteiger partial charge in [-0.15, -0.1) is 0 Å². The van der Waals surface area contributed by atoms with Crippen LogP contribution in [0.25, 0.3) is 0 Å². The molecule has 5 heteroatoms. The number of thiol groups is 1. The van der Waals surface area contributed by atoms with Crippen LogP contribution in [0.3, 0.4) is 0 Å². The average molecular weight is 209 g/mol. The lowest BCUT2D eigenvalue weighted by atomic mass is 10.4. The monoisotopic (exact) mass is 209 g/mol. The molecule has 0 aliphatic heterocycles. The van der Waals surface area contributed by atoms with Crippen molar-refractivity contribution in [2.75, 3.05) is 5.75 Å². The van der Waals surface area contributed by atoms with Gasteiger partial charge in [-0.3, -0.25) is 9.00 Å². The highest BCUT2D eigenvalue weighted by atomic mass is 32.2. The van der Waals surface area contributed by atoms with Gasteiger partial charge in [0.25, 0.3) is 0 Å². The van der Waals surface area contributed by atoms with Crippen molar-refractivity contribution < 1.29 is 9.00 Å². The second-order valence-electron chi connectivity index (χ2n) is 2.62. The van der Waals surface area contributed by atoms with Crippen LogP contribution in [-0.2, 0) is 15.6 Å². The molecule has 0 bridgehead atoms. The van der Waals surface area contributed by atoms with E-state index in [0.29, 0.717) is 0 Å². The molecule has 0 saturated heterocycles. The van der Waals surface area contributed by atoms with Crippen LogP contribution in [0.5, 0.6) is 0 Å². The Labute approximate surface area is 81.0 Å². The summed E-state index contributed by atoms with van der Waals surface area (Å²) in [7, 11) is -1.45. The third-order valence-electron chi connectivity index (χ3n) is 1.64. The number of rotatable bonds is 4. The molecule has 0 aromatic carbocycles. The summed E-state index contributed by atoms with van der Waals surface area (Å²) in [5.41, 5.74) is 5.39. The van der Waals surface area contributed by atoms with Gasteiger partial charge in [0, 0.05) is 11.0 Å². The summed E-state index contributed by atoms with van der Waals surface area (Å²) in [6.45, 7) is 3.67. The molecule has 0 aromatic heterocycles. The Hall–Kier alpha value is 0.130. The predicted molar refractivity (Wildman–Crippen MR) is 54.7 cm³/mol. The molecule has 0 fully saturated rings. The molecule has 0 saturated carbocycles. The number of nitrogens with two attached hydrogens (primary N) is 1.